The number of hydrogen-bond acceptors (Lipinski definition) is 4. The minimum absolute atomic E-state index is 0.0433. The van der Waals surface area contributed by atoms with Gasteiger partial charge in [-0.2, -0.15) is 0 Å². The maximum absolute atomic E-state index is 11.9. The molecule has 2 rings (SSSR count). The maximum atomic E-state index is 11.9. The maximum Gasteiger partial charge on any atom is 0.258 e. The average Bonchev–Trinajstić information content (AvgIpc) is 2.59. The molecule has 0 saturated heterocycles. The molecule has 0 saturated carbocycles. The summed E-state index contributed by atoms with van der Waals surface area (Å²) in [5.41, 5.74) is 0.977. The van der Waals surface area contributed by atoms with Gasteiger partial charge in [-0.3, -0.25) is 4.79 Å². The van der Waals surface area contributed by atoms with Crippen LogP contribution in [0.15, 0.2) is 48.5 Å². The smallest absolute Gasteiger partial charge is 0.258 e. The van der Waals surface area contributed by atoms with Crippen LogP contribution >= 0.6 is 0 Å². The zero-order valence-electron chi connectivity index (χ0n) is 13.4. The number of ether oxygens (including phenoxy) is 3. The molecule has 0 spiro atoms. The third-order valence-electron chi connectivity index (χ3n) is 3.11. The number of nitrogens with one attached hydrogen (secondary N) is 1. The fourth-order valence-electron chi connectivity index (χ4n) is 2.00. The first kappa shape index (κ1) is 16.7. The summed E-state index contributed by atoms with van der Waals surface area (Å²) in [6, 6.07) is 14.8. The van der Waals surface area contributed by atoms with Crippen molar-refractivity contribution in [2.24, 2.45) is 0 Å². The molecule has 1 N–H and O–H groups in total. The summed E-state index contributed by atoms with van der Waals surface area (Å²) in [5.74, 6) is 1.90. The summed E-state index contributed by atoms with van der Waals surface area (Å²) in [7, 11) is 1.59. The van der Waals surface area contributed by atoms with Gasteiger partial charge in [0.2, 0.25) is 0 Å². The van der Waals surface area contributed by atoms with Crippen LogP contribution < -0.4 is 19.5 Å². The van der Waals surface area contributed by atoms with Crippen molar-refractivity contribution in [1.82, 2.24) is 5.32 Å². The summed E-state index contributed by atoms with van der Waals surface area (Å²) >= 11 is 0. The Bertz CT molecular complexity index is 642. The van der Waals surface area contributed by atoms with Gasteiger partial charge in [0.05, 0.1) is 13.7 Å². The topological polar surface area (TPSA) is 56.8 Å². The minimum atomic E-state index is -0.186. The number of benzene rings is 2. The Labute approximate surface area is 136 Å². The van der Waals surface area contributed by atoms with Crippen molar-refractivity contribution in [2.75, 3.05) is 20.3 Å². The second kappa shape index (κ2) is 8.68. The van der Waals surface area contributed by atoms with Crippen LogP contribution in [0.3, 0.4) is 0 Å². The van der Waals surface area contributed by atoms with Crippen molar-refractivity contribution in [2.45, 2.75) is 13.5 Å². The third kappa shape index (κ3) is 5.54. The van der Waals surface area contributed by atoms with Crippen LogP contribution in [0.2, 0.25) is 0 Å². The minimum Gasteiger partial charge on any atom is -0.497 e. The van der Waals surface area contributed by atoms with Gasteiger partial charge in [0.25, 0.3) is 5.91 Å². The summed E-state index contributed by atoms with van der Waals surface area (Å²) in [4.78, 5) is 11.9. The number of carbonyl (C=O) groups excluding carboxylic acids is 1. The normalized spacial score (nSPS) is 10.0. The quantitative estimate of drug-likeness (QED) is 0.814. The lowest BCUT2D eigenvalue weighted by Gasteiger charge is -2.09. The van der Waals surface area contributed by atoms with Crippen molar-refractivity contribution >= 4 is 5.91 Å². The van der Waals surface area contributed by atoms with E-state index < -0.39 is 0 Å². The second-order valence-electron chi connectivity index (χ2n) is 4.82. The van der Waals surface area contributed by atoms with Gasteiger partial charge in [0, 0.05) is 12.6 Å². The van der Waals surface area contributed by atoms with E-state index in [0.29, 0.717) is 24.7 Å². The van der Waals surface area contributed by atoms with Gasteiger partial charge in [0.15, 0.2) is 6.61 Å². The Morgan fingerprint density at radius 3 is 2.43 bits per heavy atom. The van der Waals surface area contributed by atoms with E-state index in [1.165, 1.54) is 0 Å². The van der Waals surface area contributed by atoms with Crippen LogP contribution in [0.25, 0.3) is 0 Å². The fraction of sp³-hybridized carbons (Fsp3) is 0.278. The van der Waals surface area contributed by atoms with Gasteiger partial charge >= 0.3 is 0 Å². The molecule has 0 aliphatic carbocycles. The molecule has 0 bridgehead atoms. The molecule has 0 radical (unpaired) electrons. The van der Waals surface area contributed by atoms with E-state index in [0.717, 1.165) is 11.3 Å². The van der Waals surface area contributed by atoms with Crippen LogP contribution in [0.4, 0.5) is 0 Å². The van der Waals surface area contributed by atoms with Crippen molar-refractivity contribution in [3.8, 4) is 17.2 Å². The molecule has 2 aromatic rings. The molecule has 5 nitrogen and oxygen atoms in total. The zero-order chi connectivity index (χ0) is 16.5. The lowest BCUT2D eigenvalue weighted by atomic mass is 10.2. The van der Waals surface area contributed by atoms with E-state index >= 15 is 0 Å². The van der Waals surface area contributed by atoms with Crippen molar-refractivity contribution in [3.63, 3.8) is 0 Å². The molecule has 0 aliphatic rings. The van der Waals surface area contributed by atoms with Gasteiger partial charge in [-0.1, -0.05) is 18.2 Å². The Morgan fingerprint density at radius 1 is 1.00 bits per heavy atom. The predicted octanol–water partition coefficient (Wildman–Crippen LogP) is 2.79. The lowest BCUT2D eigenvalue weighted by Crippen LogP contribution is -2.28. The fourth-order valence-corrected chi connectivity index (χ4v) is 2.00. The van der Waals surface area contributed by atoms with Gasteiger partial charge in [0.1, 0.15) is 17.2 Å². The molecule has 0 unspecified atom stereocenters. The number of methoxy groups -OCH3 is 1. The first-order chi connectivity index (χ1) is 11.2. The van der Waals surface area contributed by atoms with Crippen molar-refractivity contribution in [1.29, 1.82) is 0 Å². The largest absolute Gasteiger partial charge is 0.497 e. The average molecular weight is 315 g/mol. The Hall–Kier alpha value is -2.69. The van der Waals surface area contributed by atoms with Gasteiger partial charge < -0.3 is 19.5 Å². The molecule has 1 amide bonds. The lowest BCUT2D eigenvalue weighted by molar-refractivity contribution is -0.123. The summed E-state index contributed by atoms with van der Waals surface area (Å²) in [5, 5.41) is 2.82. The Morgan fingerprint density at radius 2 is 1.70 bits per heavy atom. The van der Waals surface area contributed by atoms with E-state index in [2.05, 4.69) is 5.32 Å². The molecule has 122 valence electrons. The Kier molecular flexibility index (Phi) is 6.29. The monoisotopic (exact) mass is 315 g/mol. The van der Waals surface area contributed by atoms with E-state index in [9.17, 15) is 4.79 Å². The zero-order valence-corrected chi connectivity index (χ0v) is 13.4. The molecule has 0 aromatic heterocycles. The number of rotatable bonds is 8. The van der Waals surface area contributed by atoms with Crippen molar-refractivity contribution in [3.05, 3.63) is 54.1 Å². The van der Waals surface area contributed by atoms with E-state index in [4.69, 9.17) is 14.2 Å². The second-order valence-corrected chi connectivity index (χ2v) is 4.82. The highest BCUT2D eigenvalue weighted by molar-refractivity contribution is 5.77. The van der Waals surface area contributed by atoms with E-state index in [-0.39, 0.29) is 12.5 Å². The third-order valence-corrected chi connectivity index (χ3v) is 3.11. The summed E-state index contributed by atoms with van der Waals surface area (Å²) in [6.07, 6.45) is 0. The molecule has 0 aliphatic heterocycles. The van der Waals surface area contributed by atoms with Crippen LogP contribution in [0.5, 0.6) is 17.2 Å². The SMILES string of the molecule is CCOc1cccc(CNC(=O)COc2cccc(OC)c2)c1. The standard InChI is InChI=1S/C18H21NO4/c1-3-22-16-8-4-6-14(10-16)12-19-18(20)13-23-17-9-5-7-15(11-17)21-2/h4-11H,3,12-13H2,1-2H3,(H,19,20). The number of hydrogen-bond donors (Lipinski definition) is 1. The van der Waals surface area contributed by atoms with Gasteiger partial charge in [-0.15, -0.1) is 0 Å². The van der Waals surface area contributed by atoms with Gasteiger partial charge in [-0.05, 0) is 36.8 Å². The molecule has 0 fully saturated rings. The van der Waals surface area contributed by atoms with Crippen molar-refractivity contribution < 1.29 is 19.0 Å². The molecule has 23 heavy (non-hydrogen) atoms. The first-order valence-corrected chi connectivity index (χ1v) is 7.46. The van der Waals surface area contributed by atoms with Crippen LogP contribution in [-0.4, -0.2) is 26.2 Å². The molecular formula is C18H21NO4. The van der Waals surface area contributed by atoms with Crippen LogP contribution in [0, 0.1) is 0 Å². The van der Waals surface area contributed by atoms with Crippen LogP contribution in [-0.2, 0) is 11.3 Å². The highest BCUT2D eigenvalue weighted by atomic mass is 16.5. The number of carbonyl (C=O) groups is 1. The molecule has 0 atom stereocenters. The molecule has 2 aromatic carbocycles. The van der Waals surface area contributed by atoms with E-state index in [1.807, 2.05) is 43.3 Å². The molecule has 0 heterocycles. The predicted molar refractivity (Wildman–Crippen MR) is 87.9 cm³/mol. The van der Waals surface area contributed by atoms with Crippen LogP contribution in [0.1, 0.15) is 12.5 Å². The summed E-state index contributed by atoms with van der Waals surface area (Å²) < 4.78 is 16.0. The molecular weight excluding hydrogens is 294 g/mol. The number of amides is 1. The highest BCUT2D eigenvalue weighted by Crippen LogP contribution is 2.18. The summed E-state index contributed by atoms with van der Waals surface area (Å²) in [6.45, 7) is 2.94. The highest BCUT2D eigenvalue weighted by Gasteiger charge is 2.04. The Balaban J connectivity index is 1.79. The van der Waals surface area contributed by atoms with E-state index in [1.54, 1.807) is 19.2 Å². The van der Waals surface area contributed by atoms with Gasteiger partial charge in [-0.25, -0.2) is 0 Å². The first-order valence-electron chi connectivity index (χ1n) is 7.46. The molecule has 5 heteroatoms.